The van der Waals surface area contributed by atoms with E-state index in [4.69, 9.17) is 0 Å². The Morgan fingerprint density at radius 2 is 0.818 bits per heavy atom. The molecule has 0 heterocycles. The standard InChI is InChI=1S/C54H42Si/c1-37-30-35-45-48(36-37)52(47-27-17-29-50-53(47)46-26-15-16-28-49(46)54(50,2)3)44-25-14-13-24-43(44)51(45)38-31-33-42(34-32-38)55(39-18-7-4-8-19-39,40-20-9-5-10-21-40)41-22-11-6-12-23-41/h4-36H,1-3H3. The molecule has 9 aromatic carbocycles. The van der Waals surface area contributed by atoms with Crippen molar-refractivity contribution >= 4 is 50.4 Å². The molecule has 1 heteroatoms. The first-order valence-electron chi connectivity index (χ1n) is 19.4. The molecule has 0 radical (unpaired) electrons. The number of benzene rings is 9. The minimum absolute atomic E-state index is 0.0665. The average molecular weight is 719 g/mol. The van der Waals surface area contributed by atoms with Crippen LogP contribution in [-0.4, -0.2) is 8.07 Å². The monoisotopic (exact) mass is 718 g/mol. The number of rotatable bonds is 6. The molecule has 0 aromatic heterocycles. The zero-order valence-electron chi connectivity index (χ0n) is 31.6. The molecule has 9 aromatic rings. The molecule has 55 heavy (non-hydrogen) atoms. The molecule has 0 nitrogen and oxygen atoms in total. The van der Waals surface area contributed by atoms with E-state index in [2.05, 4.69) is 221 Å². The molecular weight excluding hydrogens is 677 g/mol. The Bertz CT molecular complexity index is 2770. The Labute approximate surface area is 325 Å². The van der Waals surface area contributed by atoms with Crippen LogP contribution in [-0.2, 0) is 5.41 Å². The van der Waals surface area contributed by atoms with Crippen molar-refractivity contribution in [3.63, 3.8) is 0 Å². The minimum atomic E-state index is -2.64. The first-order valence-corrected chi connectivity index (χ1v) is 21.4. The molecule has 1 aliphatic rings. The fourth-order valence-corrected chi connectivity index (χ4v) is 14.6. The van der Waals surface area contributed by atoms with Crippen molar-refractivity contribution in [1.82, 2.24) is 0 Å². The Morgan fingerprint density at radius 3 is 1.44 bits per heavy atom. The van der Waals surface area contributed by atoms with Crippen molar-refractivity contribution in [2.45, 2.75) is 26.2 Å². The van der Waals surface area contributed by atoms with Crippen molar-refractivity contribution in [2.75, 3.05) is 0 Å². The summed E-state index contributed by atoms with van der Waals surface area (Å²) in [6, 6.07) is 75.4. The fraction of sp³-hybridized carbons (Fsp3) is 0.0741. The number of hydrogen-bond donors (Lipinski definition) is 0. The summed E-state index contributed by atoms with van der Waals surface area (Å²) in [4.78, 5) is 0. The van der Waals surface area contributed by atoms with Crippen molar-refractivity contribution in [1.29, 1.82) is 0 Å². The van der Waals surface area contributed by atoms with Gasteiger partial charge in [-0.05, 0) is 93.7 Å². The SMILES string of the molecule is Cc1ccc2c(-c3ccc([Si](c4ccccc4)(c4ccccc4)c4ccccc4)cc3)c3ccccc3c(-c3cccc4c3-c3ccccc3C4(C)C)c2c1. The van der Waals surface area contributed by atoms with Gasteiger partial charge in [0.05, 0.1) is 0 Å². The van der Waals surface area contributed by atoms with Crippen molar-refractivity contribution in [2.24, 2.45) is 0 Å². The number of aryl methyl sites for hydroxylation is 1. The molecule has 0 saturated heterocycles. The van der Waals surface area contributed by atoms with Crippen LogP contribution < -0.4 is 20.7 Å². The van der Waals surface area contributed by atoms with Crippen molar-refractivity contribution in [3.05, 3.63) is 217 Å². The van der Waals surface area contributed by atoms with E-state index < -0.39 is 8.07 Å². The van der Waals surface area contributed by atoms with Crippen molar-refractivity contribution in [3.8, 4) is 33.4 Å². The van der Waals surface area contributed by atoms with Gasteiger partial charge in [-0.1, -0.05) is 220 Å². The summed E-state index contributed by atoms with van der Waals surface area (Å²) < 4.78 is 0. The van der Waals surface area contributed by atoms with Gasteiger partial charge in [0, 0.05) is 5.41 Å². The zero-order chi connectivity index (χ0) is 37.1. The van der Waals surface area contributed by atoms with E-state index >= 15 is 0 Å². The maximum atomic E-state index is 2.43. The topological polar surface area (TPSA) is 0 Å². The molecule has 262 valence electrons. The predicted molar refractivity (Wildman–Crippen MR) is 238 cm³/mol. The second kappa shape index (κ2) is 12.9. The van der Waals surface area contributed by atoms with Gasteiger partial charge in [0.2, 0.25) is 0 Å². The Kier molecular flexibility index (Phi) is 7.83. The van der Waals surface area contributed by atoms with Crippen LogP contribution in [0.1, 0.15) is 30.5 Å². The van der Waals surface area contributed by atoms with Crippen LogP contribution >= 0.6 is 0 Å². The number of hydrogen-bond acceptors (Lipinski definition) is 0. The lowest BCUT2D eigenvalue weighted by atomic mass is 9.80. The molecular formula is C54H42Si. The van der Waals surface area contributed by atoms with Crippen LogP contribution in [0.2, 0.25) is 0 Å². The summed E-state index contributed by atoms with van der Waals surface area (Å²) in [5.41, 5.74) is 11.9. The van der Waals surface area contributed by atoms with E-state index in [1.165, 1.54) is 92.4 Å². The van der Waals surface area contributed by atoms with Gasteiger partial charge in [0.15, 0.2) is 8.07 Å². The fourth-order valence-electron chi connectivity index (χ4n) is 9.81. The van der Waals surface area contributed by atoms with E-state index in [0.29, 0.717) is 0 Å². The molecule has 0 unspecified atom stereocenters. The van der Waals surface area contributed by atoms with Gasteiger partial charge in [-0.25, -0.2) is 0 Å². The van der Waals surface area contributed by atoms with Gasteiger partial charge in [0.25, 0.3) is 0 Å². The first kappa shape index (κ1) is 33.3. The maximum Gasteiger partial charge on any atom is 0.179 e. The van der Waals surface area contributed by atoms with Gasteiger partial charge in [0.1, 0.15) is 0 Å². The van der Waals surface area contributed by atoms with Crippen molar-refractivity contribution < 1.29 is 0 Å². The third kappa shape index (κ3) is 5.04. The molecule has 0 bridgehead atoms. The van der Waals surface area contributed by atoms with E-state index in [0.717, 1.165) is 0 Å². The molecule has 0 N–H and O–H groups in total. The summed E-state index contributed by atoms with van der Waals surface area (Å²) in [5, 5.41) is 10.7. The van der Waals surface area contributed by atoms with E-state index in [9.17, 15) is 0 Å². The summed E-state index contributed by atoms with van der Waals surface area (Å²) in [5.74, 6) is 0. The third-order valence-electron chi connectivity index (χ3n) is 12.3. The average Bonchev–Trinajstić information content (AvgIpc) is 3.48. The third-order valence-corrected chi connectivity index (χ3v) is 17.1. The summed E-state index contributed by atoms with van der Waals surface area (Å²) in [6.45, 7) is 6.97. The molecule has 10 rings (SSSR count). The molecule has 0 aliphatic heterocycles. The van der Waals surface area contributed by atoms with Crippen LogP contribution in [0, 0.1) is 6.92 Å². The zero-order valence-corrected chi connectivity index (χ0v) is 32.6. The largest absolute Gasteiger partial charge is 0.179 e. The van der Waals surface area contributed by atoms with Crippen LogP contribution in [0.15, 0.2) is 200 Å². The highest BCUT2D eigenvalue weighted by atomic mass is 28.3. The molecule has 0 saturated carbocycles. The Balaban J connectivity index is 1.24. The highest BCUT2D eigenvalue weighted by molar-refractivity contribution is 7.19. The lowest BCUT2D eigenvalue weighted by Crippen LogP contribution is -2.74. The molecule has 0 spiro atoms. The minimum Gasteiger partial charge on any atom is -0.0623 e. The highest BCUT2D eigenvalue weighted by Gasteiger charge is 2.41. The van der Waals surface area contributed by atoms with E-state index in [-0.39, 0.29) is 5.41 Å². The molecule has 0 fully saturated rings. The summed E-state index contributed by atoms with van der Waals surface area (Å²) in [7, 11) is -2.64. The maximum absolute atomic E-state index is 2.64. The number of fused-ring (bicyclic) bond motifs is 5. The lowest BCUT2D eigenvalue weighted by Gasteiger charge is -2.34. The van der Waals surface area contributed by atoms with Gasteiger partial charge in [-0.15, -0.1) is 0 Å². The predicted octanol–water partition coefficient (Wildman–Crippen LogP) is 11.3. The van der Waals surface area contributed by atoms with Gasteiger partial charge < -0.3 is 0 Å². The quantitative estimate of drug-likeness (QED) is 0.0912. The van der Waals surface area contributed by atoms with Crippen LogP contribution in [0.3, 0.4) is 0 Å². The second-order valence-corrected chi connectivity index (χ2v) is 19.5. The molecule has 0 atom stereocenters. The Hall–Kier alpha value is -6.28. The lowest BCUT2D eigenvalue weighted by molar-refractivity contribution is 0.660. The second-order valence-electron chi connectivity index (χ2n) is 15.7. The molecule has 1 aliphatic carbocycles. The van der Waals surface area contributed by atoms with Crippen LogP contribution in [0.25, 0.3) is 54.9 Å². The summed E-state index contributed by atoms with van der Waals surface area (Å²) in [6.07, 6.45) is 0. The smallest absolute Gasteiger partial charge is 0.0623 e. The van der Waals surface area contributed by atoms with Gasteiger partial charge in [-0.3, -0.25) is 0 Å². The first-order chi connectivity index (χ1) is 27.0. The molecule has 0 amide bonds. The van der Waals surface area contributed by atoms with Crippen LogP contribution in [0.4, 0.5) is 0 Å². The van der Waals surface area contributed by atoms with Gasteiger partial charge in [-0.2, -0.15) is 0 Å². The van der Waals surface area contributed by atoms with Crippen LogP contribution in [0.5, 0.6) is 0 Å². The highest BCUT2D eigenvalue weighted by Crippen LogP contribution is 2.54. The Morgan fingerprint density at radius 1 is 0.345 bits per heavy atom. The van der Waals surface area contributed by atoms with E-state index in [1.807, 2.05) is 0 Å². The van der Waals surface area contributed by atoms with Gasteiger partial charge >= 0.3 is 0 Å². The normalized spacial score (nSPS) is 13.1. The summed E-state index contributed by atoms with van der Waals surface area (Å²) >= 11 is 0. The van der Waals surface area contributed by atoms with E-state index in [1.54, 1.807) is 0 Å².